The number of aryl methyl sites for hydroxylation is 1. The summed E-state index contributed by atoms with van der Waals surface area (Å²) in [6.07, 6.45) is 2.15. The second-order valence-electron chi connectivity index (χ2n) is 4.37. The van der Waals surface area contributed by atoms with Gasteiger partial charge in [-0.3, -0.25) is 0 Å². The molecule has 16 heavy (non-hydrogen) atoms. The maximum absolute atomic E-state index is 8.98. The minimum absolute atomic E-state index is 0.182. The van der Waals surface area contributed by atoms with Gasteiger partial charge in [-0.15, -0.1) is 0 Å². The van der Waals surface area contributed by atoms with E-state index in [0.29, 0.717) is 0 Å². The van der Waals surface area contributed by atoms with Crippen molar-refractivity contribution in [1.29, 1.82) is 5.26 Å². The Balaban J connectivity index is 2.20. The van der Waals surface area contributed by atoms with Crippen molar-refractivity contribution in [3.8, 4) is 6.07 Å². The molecular formula is C13H15BrN2. The number of anilines is 1. The van der Waals surface area contributed by atoms with E-state index < -0.39 is 0 Å². The van der Waals surface area contributed by atoms with Crippen LogP contribution in [-0.4, -0.2) is 13.1 Å². The molecule has 2 nitrogen and oxygen atoms in total. The summed E-state index contributed by atoms with van der Waals surface area (Å²) in [5, 5.41) is 8.98. The quantitative estimate of drug-likeness (QED) is 0.786. The van der Waals surface area contributed by atoms with Crippen LogP contribution >= 0.6 is 15.9 Å². The molecule has 0 bridgehead atoms. The van der Waals surface area contributed by atoms with E-state index in [9.17, 15) is 0 Å². The molecule has 0 N–H and O–H groups in total. The Labute approximate surface area is 105 Å². The van der Waals surface area contributed by atoms with Gasteiger partial charge in [0.25, 0.3) is 0 Å². The van der Waals surface area contributed by atoms with Gasteiger partial charge in [0.15, 0.2) is 0 Å². The Bertz CT molecular complexity index is 422. The molecule has 0 radical (unpaired) electrons. The SMILES string of the molecule is Cc1ccc(N2CCCC(C#N)C2)c(Br)c1. The molecule has 84 valence electrons. The summed E-state index contributed by atoms with van der Waals surface area (Å²) >= 11 is 3.60. The highest BCUT2D eigenvalue weighted by Crippen LogP contribution is 2.30. The summed E-state index contributed by atoms with van der Waals surface area (Å²) in [6.45, 7) is 4.00. The van der Waals surface area contributed by atoms with Gasteiger partial charge in [0.2, 0.25) is 0 Å². The molecule has 2 rings (SSSR count). The van der Waals surface area contributed by atoms with Crippen molar-refractivity contribution in [1.82, 2.24) is 0 Å². The third-order valence-corrected chi connectivity index (χ3v) is 3.68. The molecule has 1 aliphatic rings. The topological polar surface area (TPSA) is 27.0 Å². The van der Waals surface area contributed by atoms with Crippen molar-refractivity contribution >= 4 is 21.6 Å². The Kier molecular flexibility index (Phi) is 3.50. The fourth-order valence-corrected chi connectivity index (χ4v) is 2.91. The molecule has 1 fully saturated rings. The zero-order valence-electron chi connectivity index (χ0n) is 9.41. The van der Waals surface area contributed by atoms with Crippen molar-refractivity contribution in [2.45, 2.75) is 19.8 Å². The van der Waals surface area contributed by atoms with Gasteiger partial charge in [-0.1, -0.05) is 6.07 Å². The fourth-order valence-electron chi connectivity index (χ4n) is 2.17. The van der Waals surface area contributed by atoms with E-state index in [2.05, 4.69) is 52.0 Å². The summed E-state index contributed by atoms with van der Waals surface area (Å²) in [4.78, 5) is 2.31. The second kappa shape index (κ2) is 4.88. The zero-order valence-corrected chi connectivity index (χ0v) is 11.0. The molecule has 0 saturated carbocycles. The van der Waals surface area contributed by atoms with Crippen LogP contribution in [0.2, 0.25) is 0 Å². The number of halogens is 1. The van der Waals surface area contributed by atoms with E-state index in [0.717, 1.165) is 30.4 Å². The Morgan fingerprint density at radius 1 is 1.50 bits per heavy atom. The van der Waals surface area contributed by atoms with Crippen LogP contribution in [0.15, 0.2) is 22.7 Å². The van der Waals surface area contributed by atoms with Crippen LogP contribution in [0, 0.1) is 24.2 Å². The van der Waals surface area contributed by atoms with Gasteiger partial charge in [0.1, 0.15) is 0 Å². The van der Waals surface area contributed by atoms with E-state index in [-0.39, 0.29) is 5.92 Å². The number of hydrogen-bond acceptors (Lipinski definition) is 2. The Morgan fingerprint density at radius 2 is 2.31 bits per heavy atom. The van der Waals surface area contributed by atoms with Gasteiger partial charge in [0.05, 0.1) is 17.7 Å². The lowest BCUT2D eigenvalue weighted by atomic mass is 9.99. The van der Waals surface area contributed by atoms with Gasteiger partial charge in [0, 0.05) is 17.6 Å². The standard InChI is InChI=1S/C13H15BrN2/c1-10-4-5-13(12(14)7-10)16-6-2-3-11(8-15)9-16/h4-5,7,11H,2-3,6,9H2,1H3. The van der Waals surface area contributed by atoms with Gasteiger partial charge < -0.3 is 4.90 Å². The summed E-state index contributed by atoms with van der Waals surface area (Å²) in [6, 6.07) is 8.77. The zero-order chi connectivity index (χ0) is 11.5. The second-order valence-corrected chi connectivity index (χ2v) is 5.22. The van der Waals surface area contributed by atoms with E-state index in [4.69, 9.17) is 5.26 Å². The normalized spacial score (nSPS) is 20.6. The highest BCUT2D eigenvalue weighted by molar-refractivity contribution is 9.10. The first-order valence-corrected chi connectivity index (χ1v) is 6.40. The lowest BCUT2D eigenvalue weighted by Gasteiger charge is -2.32. The summed E-state index contributed by atoms with van der Waals surface area (Å²) in [7, 11) is 0. The average Bonchev–Trinajstić information content (AvgIpc) is 2.29. The van der Waals surface area contributed by atoms with Crippen molar-refractivity contribution in [3.05, 3.63) is 28.2 Å². The molecule has 0 amide bonds. The van der Waals surface area contributed by atoms with Crippen LogP contribution in [0.5, 0.6) is 0 Å². The first kappa shape index (κ1) is 11.5. The number of nitriles is 1. The van der Waals surface area contributed by atoms with Gasteiger partial charge >= 0.3 is 0 Å². The van der Waals surface area contributed by atoms with Crippen molar-refractivity contribution in [2.75, 3.05) is 18.0 Å². The van der Waals surface area contributed by atoms with Crippen LogP contribution in [0.1, 0.15) is 18.4 Å². The molecule has 0 spiro atoms. The van der Waals surface area contributed by atoms with Gasteiger partial charge in [-0.25, -0.2) is 0 Å². The summed E-state index contributed by atoms with van der Waals surface area (Å²) in [5.41, 5.74) is 2.47. The van der Waals surface area contributed by atoms with Gasteiger partial charge in [-0.05, 0) is 53.4 Å². The van der Waals surface area contributed by atoms with Crippen LogP contribution in [0.4, 0.5) is 5.69 Å². The summed E-state index contributed by atoms with van der Waals surface area (Å²) < 4.78 is 1.13. The fraction of sp³-hybridized carbons (Fsp3) is 0.462. The largest absolute Gasteiger partial charge is 0.369 e. The smallest absolute Gasteiger partial charge is 0.0674 e. The minimum atomic E-state index is 0.182. The molecule has 3 heteroatoms. The van der Waals surface area contributed by atoms with E-state index in [1.54, 1.807) is 0 Å². The molecule has 1 aromatic carbocycles. The first-order chi connectivity index (χ1) is 7.70. The molecule has 1 aliphatic heterocycles. The maximum atomic E-state index is 8.98. The number of piperidine rings is 1. The van der Waals surface area contributed by atoms with E-state index >= 15 is 0 Å². The van der Waals surface area contributed by atoms with Crippen LogP contribution < -0.4 is 4.90 Å². The van der Waals surface area contributed by atoms with Crippen LogP contribution in [0.25, 0.3) is 0 Å². The molecule has 0 aromatic heterocycles. The maximum Gasteiger partial charge on any atom is 0.0674 e. The van der Waals surface area contributed by atoms with Crippen molar-refractivity contribution < 1.29 is 0 Å². The number of benzene rings is 1. The van der Waals surface area contributed by atoms with Crippen molar-refractivity contribution in [2.24, 2.45) is 5.92 Å². The minimum Gasteiger partial charge on any atom is -0.369 e. The number of nitrogens with zero attached hydrogens (tertiary/aromatic N) is 2. The molecule has 1 atom stereocenters. The Morgan fingerprint density at radius 3 is 3.00 bits per heavy atom. The highest BCUT2D eigenvalue weighted by Gasteiger charge is 2.20. The van der Waals surface area contributed by atoms with E-state index in [1.165, 1.54) is 11.3 Å². The third-order valence-electron chi connectivity index (χ3n) is 3.05. The first-order valence-electron chi connectivity index (χ1n) is 5.61. The van der Waals surface area contributed by atoms with E-state index in [1.807, 2.05) is 0 Å². The molecule has 1 heterocycles. The lowest BCUT2D eigenvalue weighted by molar-refractivity contribution is 0.493. The average molecular weight is 279 g/mol. The molecule has 1 aromatic rings. The molecule has 0 aliphatic carbocycles. The Hall–Kier alpha value is -1.01. The van der Waals surface area contributed by atoms with Gasteiger partial charge in [-0.2, -0.15) is 5.26 Å². The summed E-state index contributed by atoms with van der Waals surface area (Å²) in [5.74, 6) is 0.182. The van der Waals surface area contributed by atoms with Crippen LogP contribution in [-0.2, 0) is 0 Å². The molecular weight excluding hydrogens is 264 g/mol. The molecule has 1 unspecified atom stereocenters. The monoisotopic (exact) mass is 278 g/mol. The number of rotatable bonds is 1. The van der Waals surface area contributed by atoms with Crippen LogP contribution in [0.3, 0.4) is 0 Å². The van der Waals surface area contributed by atoms with Crippen molar-refractivity contribution in [3.63, 3.8) is 0 Å². The highest BCUT2D eigenvalue weighted by atomic mass is 79.9. The third kappa shape index (κ3) is 2.38. The predicted molar refractivity (Wildman–Crippen MR) is 69.4 cm³/mol. The predicted octanol–water partition coefficient (Wildman–Crippen LogP) is 3.50. The lowest BCUT2D eigenvalue weighted by Crippen LogP contribution is -2.35. The molecule has 1 saturated heterocycles. The number of hydrogen-bond donors (Lipinski definition) is 0.